The molecule has 0 aliphatic carbocycles. The lowest BCUT2D eigenvalue weighted by atomic mass is 10.1. The van der Waals surface area contributed by atoms with Crippen LogP contribution in [0.1, 0.15) is 23.2 Å². The first-order chi connectivity index (χ1) is 8.08. The number of halogens is 2. The number of hydrogen-bond acceptors (Lipinski definition) is 2. The van der Waals surface area contributed by atoms with Crippen molar-refractivity contribution in [1.29, 1.82) is 0 Å². The van der Waals surface area contributed by atoms with E-state index in [0.29, 0.717) is 18.7 Å². The molecule has 0 aromatic heterocycles. The fourth-order valence-electron chi connectivity index (χ4n) is 2.03. The first-order valence-corrected chi connectivity index (χ1v) is 5.95. The number of carbonyl (C=O) groups excluding carboxylic acids is 1. The van der Waals surface area contributed by atoms with E-state index < -0.39 is 5.82 Å². The summed E-state index contributed by atoms with van der Waals surface area (Å²) in [4.78, 5) is 13.8. The standard InChI is InChI=1S/C12H14ClFN2O/c13-11-6-8(14)3-4-10(11)12(17)16-5-1-2-9(15)7-16/h3-4,6,9H,1-2,5,7,15H2/t9-/m1/s1. The lowest BCUT2D eigenvalue weighted by molar-refractivity contribution is 0.0709. The van der Waals surface area contributed by atoms with Crippen molar-refractivity contribution in [3.8, 4) is 0 Å². The number of rotatable bonds is 1. The van der Waals surface area contributed by atoms with Gasteiger partial charge in [0.1, 0.15) is 5.82 Å². The average molecular weight is 257 g/mol. The molecule has 1 aliphatic rings. The van der Waals surface area contributed by atoms with E-state index >= 15 is 0 Å². The molecule has 1 heterocycles. The highest BCUT2D eigenvalue weighted by atomic mass is 35.5. The van der Waals surface area contributed by atoms with Gasteiger partial charge in [0, 0.05) is 19.1 Å². The zero-order chi connectivity index (χ0) is 12.4. The van der Waals surface area contributed by atoms with Gasteiger partial charge < -0.3 is 10.6 Å². The lowest BCUT2D eigenvalue weighted by Gasteiger charge is -2.31. The Hall–Kier alpha value is -1.13. The van der Waals surface area contributed by atoms with Crippen LogP contribution in [-0.2, 0) is 0 Å². The highest BCUT2D eigenvalue weighted by molar-refractivity contribution is 6.33. The third-order valence-electron chi connectivity index (χ3n) is 2.91. The van der Waals surface area contributed by atoms with E-state index in [1.807, 2.05) is 0 Å². The van der Waals surface area contributed by atoms with Crippen LogP contribution < -0.4 is 5.73 Å². The Kier molecular flexibility index (Phi) is 3.64. The van der Waals surface area contributed by atoms with Crippen LogP contribution in [0, 0.1) is 5.82 Å². The fourth-order valence-corrected chi connectivity index (χ4v) is 2.28. The van der Waals surface area contributed by atoms with Gasteiger partial charge in [-0.05, 0) is 31.0 Å². The van der Waals surface area contributed by atoms with Crippen LogP contribution in [0.25, 0.3) is 0 Å². The van der Waals surface area contributed by atoms with Gasteiger partial charge in [0.2, 0.25) is 0 Å². The largest absolute Gasteiger partial charge is 0.337 e. The van der Waals surface area contributed by atoms with Crippen LogP contribution in [0.2, 0.25) is 5.02 Å². The van der Waals surface area contributed by atoms with Crippen molar-refractivity contribution in [3.05, 3.63) is 34.6 Å². The van der Waals surface area contributed by atoms with Crippen molar-refractivity contribution in [1.82, 2.24) is 4.90 Å². The quantitative estimate of drug-likeness (QED) is 0.836. The summed E-state index contributed by atoms with van der Waals surface area (Å²) in [6, 6.07) is 3.83. The number of carbonyl (C=O) groups is 1. The highest BCUT2D eigenvalue weighted by Gasteiger charge is 2.23. The molecule has 1 atom stereocenters. The molecule has 1 aliphatic heterocycles. The van der Waals surface area contributed by atoms with E-state index in [9.17, 15) is 9.18 Å². The Balaban J connectivity index is 2.18. The number of likely N-dealkylation sites (tertiary alicyclic amines) is 1. The summed E-state index contributed by atoms with van der Waals surface area (Å²) in [5, 5.41) is 0.147. The molecule has 0 bridgehead atoms. The predicted octanol–water partition coefficient (Wildman–Crippen LogP) is 2.04. The maximum absolute atomic E-state index is 12.9. The molecule has 1 aromatic carbocycles. The van der Waals surface area contributed by atoms with E-state index in [-0.39, 0.29) is 17.0 Å². The van der Waals surface area contributed by atoms with E-state index in [4.69, 9.17) is 17.3 Å². The molecule has 0 saturated carbocycles. The normalized spacial score (nSPS) is 20.4. The van der Waals surface area contributed by atoms with Gasteiger partial charge in [0.05, 0.1) is 10.6 Å². The van der Waals surface area contributed by atoms with Crippen molar-refractivity contribution in [2.75, 3.05) is 13.1 Å². The van der Waals surface area contributed by atoms with Crippen molar-refractivity contribution in [2.24, 2.45) is 5.73 Å². The second-order valence-electron chi connectivity index (χ2n) is 4.28. The summed E-state index contributed by atoms with van der Waals surface area (Å²) in [6.07, 6.45) is 1.83. The van der Waals surface area contributed by atoms with Gasteiger partial charge in [-0.1, -0.05) is 11.6 Å². The van der Waals surface area contributed by atoms with Crippen molar-refractivity contribution < 1.29 is 9.18 Å². The van der Waals surface area contributed by atoms with Gasteiger partial charge in [-0.2, -0.15) is 0 Å². The maximum atomic E-state index is 12.9. The Labute approximate surface area is 104 Å². The van der Waals surface area contributed by atoms with Crippen LogP contribution in [0.15, 0.2) is 18.2 Å². The first-order valence-electron chi connectivity index (χ1n) is 5.58. The average Bonchev–Trinajstić information content (AvgIpc) is 2.28. The van der Waals surface area contributed by atoms with E-state index in [1.165, 1.54) is 12.1 Å². The minimum absolute atomic E-state index is 0.0203. The van der Waals surface area contributed by atoms with Crippen molar-refractivity contribution >= 4 is 17.5 Å². The molecule has 1 fully saturated rings. The summed E-state index contributed by atoms with van der Waals surface area (Å²) in [5.41, 5.74) is 6.15. The summed E-state index contributed by atoms with van der Waals surface area (Å²) >= 11 is 5.86. The number of nitrogens with two attached hydrogens (primary N) is 1. The maximum Gasteiger partial charge on any atom is 0.255 e. The molecular formula is C12H14ClFN2O. The first kappa shape index (κ1) is 12.3. The lowest BCUT2D eigenvalue weighted by Crippen LogP contribution is -2.45. The molecule has 17 heavy (non-hydrogen) atoms. The Morgan fingerprint density at radius 2 is 2.29 bits per heavy atom. The monoisotopic (exact) mass is 256 g/mol. The van der Waals surface area contributed by atoms with E-state index in [2.05, 4.69) is 0 Å². The third-order valence-corrected chi connectivity index (χ3v) is 3.22. The SMILES string of the molecule is N[C@@H]1CCCN(C(=O)c2ccc(F)cc2Cl)C1. The highest BCUT2D eigenvalue weighted by Crippen LogP contribution is 2.20. The summed E-state index contributed by atoms with van der Waals surface area (Å²) in [7, 11) is 0. The topological polar surface area (TPSA) is 46.3 Å². The second kappa shape index (κ2) is 5.02. The molecule has 0 spiro atoms. The number of benzene rings is 1. The smallest absolute Gasteiger partial charge is 0.255 e. The predicted molar refractivity (Wildman–Crippen MR) is 64.5 cm³/mol. The summed E-state index contributed by atoms with van der Waals surface area (Å²) in [6.45, 7) is 1.22. The van der Waals surface area contributed by atoms with Crippen LogP contribution in [0.3, 0.4) is 0 Å². The number of piperidine rings is 1. The van der Waals surface area contributed by atoms with E-state index in [0.717, 1.165) is 18.9 Å². The zero-order valence-electron chi connectivity index (χ0n) is 9.33. The molecule has 1 aromatic rings. The van der Waals surface area contributed by atoms with Gasteiger partial charge in [-0.3, -0.25) is 4.79 Å². The molecule has 1 saturated heterocycles. The zero-order valence-corrected chi connectivity index (χ0v) is 10.1. The van der Waals surface area contributed by atoms with Crippen LogP contribution in [0.4, 0.5) is 4.39 Å². The summed E-state index contributed by atoms with van der Waals surface area (Å²) < 4.78 is 12.9. The van der Waals surface area contributed by atoms with Crippen molar-refractivity contribution in [3.63, 3.8) is 0 Å². The van der Waals surface area contributed by atoms with Crippen LogP contribution >= 0.6 is 11.6 Å². The number of hydrogen-bond donors (Lipinski definition) is 1. The molecule has 0 unspecified atom stereocenters. The number of nitrogens with zero attached hydrogens (tertiary/aromatic N) is 1. The number of amides is 1. The van der Waals surface area contributed by atoms with Crippen LogP contribution in [0.5, 0.6) is 0 Å². The minimum Gasteiger partial charge on any atom is -0.337 e. The van der Waals surface area contributed by atoms with Crippen molar-refractivity contribution in [2.45, 2.75) is 18.9 Å². The van der Waals surface area contributed by atoms with E-state index in [1.54, 1.807) is 4.90 Å². The molecule has 2 rings (SSSR count). The Morgan fingerprint density at radius 1 is 1.53 bits per heavy atom. The Morgan fingerprint density at radius 3 is 2.94 bits per heavy atom. The summed E-state index contributed by atoms with van der Waals surface area (Å²) in [5.74, 6) is -0.618. The molecular weight excluding hydrogens is 243 g/mol. The van der Waals surface area contributed by atoms with Gasteiger partial charge in [-0.25, -0.2) is 4.39 Å². The van der Waals surface area contributed by atoms with Gasteiger partial charge in [0.25, 0.3) is 5.91 Å². The molecule has 0 radical (unpaired) electrons. The molecule has 92 valence electrons. The molecule has 5 heteroatoms. The van der Waals surface area contributed by atoms with Gasteiger partial charge in [0.15, 0.2) is 0 Å². The minimum atomic E-state index is -0.443. The molecule has 3 nitrogen and oxygen atoms in total. The van der Waals surface area contributed by atoms with Gasteiger partial charge in [-0.15, -0.1) is 0 Å². The fraction of sp³-hybridized carbons (Fsp3) is 0.417. The molecule has 1 amide bonds. The van der Waals surface area contributed by atoms with Crippen LogP contribution in [-0.4, -0.2) is 29.9 Å². The third kappa shape index (κ3) is 2.76. The Bertz CT molecular complexity index is 439. The molecule has 2 N–H and O–H groups in total. The second-order valence-corrected chi connectivity index (χ2v) is 4.68. The van der Waals surface area contributed by atoms with Gasteiger partial charge >= 0.3 is 0 Å².